The number of carbonyl (C=O) groups excluding carboxylic acids is 1. The predicted molar refractivity (Wildman–Crippen MR) is 135 cm³/mol. The molecule has 1 aliphatic heterocycles. The van der Waals surface area contributed by atoms with Crippen LogP contribution in [0.15, 0.2) is 54.9 Å². The van der Waals surface area contributed by atoms with Gasteiger partial charge in [0.1, 0.15) is 0 Å². The van der Waals surface area contributed by atoms with Gasteiger partial charge in [-0.1, -0.05) is 32.0 Å². The lowest BCUT2D eigenvalue weighted by Gasteiger charge is -2.39. The molecule has 0 unspecified atom stereocenters. The zero-order valence-electron chi connectivity index (χ0n) is 19.9. The zero-order valence-corrected chi connectivity index (χ0v) is 19.9. The molecule has 34 heavy (non-hydrogen) atoms. The Balaban J connectivity index is 1.44. The van der Waals surface area contributed by atoms with E-state index in [0.717, 1.165) is 54.9 Å². The second kappa shape index (κ2) is 10.2. The molecule has 4 rings (SSSR count). The van der Waals surface area contributed by atoms with Crippen LogP contribution < -0.4 is 10.2 Å². The molecule has 1 aromatic heterocycles. The van der Waals surface area contributed by atoms with Gasteiger partial charge in [-0.25, -0.2) is 0 Å². The molecule has 178 valence electrons. The summed E-state index contributed by atoms with van der Waals surface area (Å²) in [4.78, 5) is 32.6. The molecule has 3 aromatic rings. The topological polar surface area (TPSA) is 91.6 Å². The Bertz CT molecular complexity index is 1190. The van der Waals surface area contributed by atoms with Crippen molar-refractivity contribution in [3.8, 4) is 0 Å². The fourth-order valence-corrected chi connectivity index (χ4v) is 4.61. The van der Waals surface area contributed by atoms with Gasteiger partial charge in [0.15, 0.2) is 0 Å². The first-order chi connectivity index (χ1) is 16.4. The van der Waals surface area contributed by atoms with Gasteiger partial charge in [0.25, 0.3) is 5.69 Å². The number of para-hydroxylation sites is 1. The van der Waals surface area contributed by atoms with Crippen LogP contribution in [-0.2, 0) is 4.79 Å². The number of fused-ring (bicyclic) bond motifs is 1. The van der Waals surface area contributed by atoms with Crippen LogP contribution in [0.3, 0.4) is 0 Å². The summed E-state index contributed by atoms with van der Waals surface area (Å²) in [7, 11) is 0. The van der Waals surface area contributed by atoms with E-state index in [1.807, 2.05) is 37.3 Å². The molecule has 2 heterocycles. The van der Waals surface area contributed by atoms with Crippen molar-refractivity contribution >= 4 is 33.7 Å². The van der Waals surface area contributed by atoms with E-state index in [-0.39, 0.29) is 22.6 Å². The highest BCUT2D eigenvalue weighted by molar-refractivity contribution is 5.99. The van der Waals surface area contributed by atoms with Crippen LogP contribution in [0.4, 0.5) is 17.1 Å². The lowest BCUT2D eigenvalue weighted by Crippen LogP contribution is -2.52. The highest BCUT2D eigenvalue weighted by Crippen LogP contribution is 2.33. The first kappa shape index (κ1) is 23.6. The average molecular weight is 462 g/mol. The minimum atomic E-state index is -0.370. The number of piperazine rings is 1. The minimum Gasteiger partial charge on any atom is -0.368 e. The SMILES string of the molecule is CC[C@@H](C)c1ccccc1NC(=O)[C@@H](C)N1CCN(c2ccc([N+](=O)[O-])c3cnccc23)CC1. The second-order valence-corrected chi connectivity index (χ2v) is 8.87. The molecule has 8 nitrogen and oxygen atoms in total. The third kappa shape index (κ3) is 4.72. The molecule has 1 amide bonds. The number of nitrogens with zero attached hydrogens (tertiary/aromatic N) is 4. The molecule has 1 aliphatic rings. The minimum absolute atomic E-state index is 0.00365. The quantitative estimate of drug-likeness (QED) is 0.401. The van der Waals surface area contributed by atoms with Gasteiger partial charge in [-0.15, -0.1) is 0 Å². The van der Waals surface area contributed by atoms with Gasteiger partial charge < -0.3 is 10.2 Å². The molecule has 0 bridgehead atoms. The summed E-state index contributed by atoms with van der Waals surface area (Å²) < 4.78 is 0. The van der Waals surface area contributed by atoms with Crippen molar-refractivity contribution in [1.29, 1.82) is 0 Å². The lowest BCUT2D eigenvalue weighted by molar-refractivity contribution is -0.383. The number of nitrogens with one attached hydrogen (secondary N) is 1. The van der Waals surface area contributed by atoms with Crippen LogP contribution in [0.1, 0.15) is 38.7 Å². The smallest absolute Gasteiger partial charge is 0.278 e. The van der Waals surface area contributed by atoms with Gasteiger partial charge in [0.2, 0.25) is 5.91 Å². The maximum atomic E-state index is 13.1. The van der Waals surface area contributed by atoms with Crippen molar-refractivity contribution in [1.82, 2.24) is 9.88 Å². The number of anilines is 2. The second-order valence-electron chi connectivity index (χ2n) is 8.87. The molecule has 1 fully saturated rings. The van der Waals surface area contributed by atoms with E-state index < -0.39 is 0 Å². The predicted octanol–water partition coefficient (Wildman–Crippen LogP) is 4.81. The highest BCUT2D eigenvalue weighted by atomic mass is 16.6. The molecular formula is C26H31N5O3. The van der Waals surface area contributed by atoms with E-state index in [4.69, 9.17) is 0 Å². The number of pyridine rings is 1. The summed E-state index contributed by atoms with van der Waals surface area (Å²) in [6.07, 6.45) is 4.23. The molecule has 2 aromatic carbocycles. The van der Waals surface area contributed by atoms with Gasteiger partial charge in [0.05, 0.1) is 16.4 Å². The third-order valence-corrected chi connectivity index (χ3v) is 6.91. The fraction of sp³-hybridized carbons (Fsp3) is 0.385. The van der Waals surface area contributed by atoms with Gasteiger partial charge in [-0.05, 0) is 43.0 Å². The maximum absolute atomic E-state index is 13.1. The summed E-state index contributed by atoms with van der Waals surface area (Å²) in [5, 5.41) is 15.9. The van der Waals surface area contributed by atoms with Crippen molar-refractivity contribution in [3.05, 3.63) is 70.5 Å². The summed E-state index contributed by atoms with van der Waals surface area (Å²) in [6.45, 7) is 9.19. The Morgan fingerprint density at radius 1 is 1.09 bits per heavy atom. The molecule has 0 spiro atoms. The van der Waals surface area contributed by atoms with E-state index >= 15 is 0 Å². The number of benzene rings is 2. The summed E-state index contributed by atoms with van der Waals surface area (Å²) in [5.74, 6) is 0.373. The number of amides is 1. The fourth-order valence-electron chi connectivity index (χ4n) is 4.61. The molecule has 0 aliphatic carbocycles. The number of carbonyl (C=O) groups is 1. The first-order valence-corrected chi connectivity index (χ1v) is 11.8. The van der Waals surface area contributed by atoms with Crippen molar-refractivity contribution in [3.63, 3.8) is 0 Å². The highest BCUT2D eigenvalue weighted by Gasteiger charge is 2.27. The number of non-ortho nitro benzene ring substituents is 1. The largest absolute Gasteiger partial charge is 0.368 e. The van der Waals surface area contributed by atoms with E-state index in [9.17, 15) is 14.9 Å². The zero-order chi connectivity index (χ0) is 24.2. The Labute approximate surface area is 199 Å². The van der Waals surface area contributed by atoms with Gasteiger partial charge in [-0.2, -0.15) is 0 Å². The van der Waals surface area contributed by atoms with E-state index in [1.54, 1.807) is 18.5 Å². The van der Waals surface area contributed by atoms with Gasteiger partial charge in [0, 0.05) is 61.4 Å². The number of hydrogen-bond donors (Lipinski definition) is 1. The number of nitro groups is 1. The van der Waals surface area contributed by atoms with Crippen LogP contribution in [0.25, 0.3) is 10.8 Å². The van der Waals surface area contributed by atoms with Crippen LogP contribution in [0.2, 0.25) is 0 Å². The molecule has 1 N–H and O–H groups in total. The van der Waals surface area contributed by atoms with Gasteiger partial charge in [-0.3, -0.25) is 24.8 Å². The molecule has 0 saturated carbocycles. The van der Waals surface area contributed by atoms with Gasteiger partial charge >= 0.3 is 0 Å². The van der Waals surface area contributed by atoms with Crippen molar-refractivity contribution < 1.29 is 9.72 Å². The Kier molecular flexibility index (Phi) is 7.07. The van der Waals surface area contributed by atoms with E-state index in [2.05, 4.69) is 40.0 Å². The number of aromatic nitrogens is 1. The Morgan fingerprint density at radius 3 is 2.53 bits per heavy atom. The summed E-state index contributed by atoms with van der Waals surface area (Å²) in [6, 6.07) is 13.0. The molecule has 0 radical (unpaired) electrons. The first-order valence-electron chi connectivity index (χ1n) is 11.8. The van der Waals surface area contributed by atoms with Crippen LogP contribution in [0, 0.1) is 10.1 Å². The van der Waals surface area contributed by atoms with Crippen LogP contribution >= 0.6 is 0 Å². The molecular weight excluding hydrogens is 430 g/mol. The number of rotatable bonds is 7. The number of nitro benzene ring substituents is 1. The normalized spacial score (nSPS) is 16.3. The Morgan fingerprint density at radius 2 is 1.82 bits per heavy atom. The lowest BCUT2D eigenvalue weighted by atomic mass is 9.97. The summed E-state index contributed by atoms with van der Waals surface area (Å²) >= 11 is 0. The Hall–Kier alpha value is -3.52. The van der Waals surface area contributed by atoms with Crippen molar-refractivity contribution in [2.75, 3.05) is 36.4 Å². The average Bonchev–Trinajstić information content (AvgIpc) is 2.87. The molecule has 2 atom stereocenters. The van der Waals surface area contributed by atoms with E-state index in [0.29, 0.717) is 11.3 Å². The standard InChI is InChI=1S/C26H31N5O3/c1-4-18(2)20-7-5-6-8-23(20)28-26(32)19(3)29-13-15-30(16-14-29)24-9-10-25(31(33)34)22-17-27-12-11-21(22)24/h5-12,17-19H,4,13-16H2,1-3H3,(H,28,32)/t18-,19-/m1/s1. The maximum Gasteiger partial charge on any atom is 0.278 e. The van der Waals surface area contributed by atoms with E-state index in [1.165, 1.54) is 0 Å². The monoisotopic (exact) mass is 461 g/mol. The van der Waals surface area contributed by atoms with Crippen molar-refractivity contribution in [2.24, 2.45) is 0 Å². The molecule has 8 heteroatoms. The third-order valence-electron chi connectivity index (χ3n) is 6.91. The van der Waals surface area contributed by atoms with Crippen LogP contribution in [0.5, 0.6) is 0 Å². The van der Waals surface area contributed by atoms with Crippen molar-refractivity contribution in [2.45, 2.75) is 39.2 Å². The number of hydrogen-bond acceptors (Lipinski definition) is 6. The van der Waals surface area contributed by atoms with Crippen LogP contribution in [-0.4, -0.2) is 52.9 Å². The molecule has 1 saturated heterocycles. The summed E-state index contributed by atoms with van der Waals surface area (Å²) in [5.41, 5.74) is 3.07.